The van der Waals surface area contributed by atoms with Crippen LogP contribution in [-0.2, 0) is 4.74 Å². The Labute approximate surface area is 83.9 Å². The highest BCUT2D eigenvalue weighted by atomic mass is 16.5. The third-order valence-electron chi connectivity index (χ3n) is 3.06. The van der Waals surface area contributed by atoms with Gasteiger partial charge in [0.2, 0.25) is 0 Å². The minimum atomic E-state index is -0.639. The fourth-order valence-electron chi connectivity index (χ4n) is 2.51. The summed E-state index contributed by atoms with van der Waals surface area (Å²) < 4.78 is 5.40. The molecule has 2 bridgehead atoms. The Bertz CT molecular complexity index is 237. The van der Waals surface area contributed by atoms with Gasteiger partial charge < -0.3 is 15.2 Å². The predicted octanol–water partition coefficient (Wildman–Crippen LogP) is 0.172. The molecule has 2 unspecified atom stereocenters. The molecule has 2 N–H and O–H groups in total. The molecule has 2 fully saturated rings. The molecule has 2 saturated heterocycles. The molecule has 2 aliphatic heterocycles. The summed E-state index contributed by atoms with van der Waals surface area (Å²) in [5.41, 5.74) is -0.639. The lowest BCUT2D eigenvalue weighted by Crippen LogP contribution is -2.59. The summed E-state index contributed by atoms with van der Waals surface area (Å²) in [6.07, 6.45) is 2.46. The van der Waals surface area contributed by atoms with E-state index in [-0.39, 0.29) is 12.1 Å². The minimum absolute atomic E-state index is 0.270. The maximum Gasteiger partial charge on any atom is 0.0689 e. The molecule has 0 amide bonds. The van der Waals surface area contributed by atoms with Gasteiger partial charge in [-0.3, -0.25) is 0 Å². The molecule has 0 saturated carbocycles. The standard InChI is InChI=1S/C10H16N2O2/c11-3-1-2-10(13)4-8-6-14-7-9(5-10)12-8/h8-9,12-13H,1-2,4-7H2. The van der Waals surface area contributed by atoms with Crippen LogP contribution in [0.5, 0.6) is 0 Å². The van der Waals surface area contributed by atoms with E-state index in [9.17, 15) is 5.11 Å². The van der Waals surface area contributed by atoms with Crippen molar-refractivity contribution in [2.45, 2.75) is 43.4 Å². The van der Waals surface area contributed by atoms with Crippen molar-refractivity contribution in [1.29, 1.82) is 5.26 Å². The first-order valence-electron chi connectivity index (χ1n) is 5.15. The highest BCUT2D eigenvalue weighted by Gasteiger charge is 2.40. The summed E-state index contributed by atoms with van der Waals surface area (Å²) in [4.78, 5) is 0. The largest absolute Gasteiger partial charge is 0.390 e. The smallest absolute Gasteiger partial charge is 0.0689 e. The second-order valence-corrected chi connectivity index (χ2v) is 4.39. The van der Waals surface area contributed by atoms with E-state index in [1.165, 1.54) is 0 Å². The first-order chi connectivity index (χ1) is 6.72. The zero-order valence-corrected chi connectivity index (χ0v) is 8.20. The Morgan fingerprint density at radius 3 is 2.64 bits per heavy atom. The highest BCUT2D eigenvalue weighted by molar-refractivity contribution is 4.98. The molecule has 78 valence electrons. The first-order valence-corrected chi connectivity index (χ1v) is 5.15. The van der Waals surface area contributed by atoms with Crippen molar-refractivity contribution >= 4 is 0 Å². The lowest BCUT2D eigenvalue weighted by atomic mass is 9.80. The van der Waals surface area contributed by atoms with Gasteiger partial charge in [-0.2, -0.15) is 5.26 Å². The molecule has 14 heavy (non-hydrogen) atoms. The number of hydrogen-bond donors (Lipinski definition) is 2. The second kappa shape index (κ2) is 3.85. The number of piperidine rings is 1. The van der Waals surface area contributed by atoms with Gasteiger partial charge in [0.1, 0.15) is 0 Å². The number of ether oxygens (including phenoxy) is 1. The van der Waals surface area contributed by atoms with E-state index < -0.39 is 5.60 Å². The van der Waals surface area contributed by atoms with Crippen LogP contribution < -0.4 is 5.32 Å². The van der Waals surface area contributed by atoms with Gasteiger partial charge in [0.25, 0.3) is 0 Å². The van der Waals surface area contributed by atoms with Gasteiger partial charge in [-0.1, -0.05) is 0 Å². The molecule has 0 aliphatic carbocycles. The Hall–Kier alpha value is -0.630. The average Bonchev–Trinajstić information content (AvgIpc) is 2.14. The van der Waals surface area contributed by atoms with Crippen LogP contribution in [0.1, 0.15) is 25.7 Å². The van der Waals surface area contributed by atoms with Crippen molar-refractivity contribution in [2.24, 2.45) is 0 Å². The fraction of sp³-hybridized carbons (Fsp3) is 0.900. The topological polar surface area (TPSA) is 65.3 Å². The summed E-state index contributed by atoms with van der Waals surface area (Å²) in [6.45, 7) is 1.37. The number of nitrogens with zero attached hydrogens (tertiary/aromatic N) is 1. The van der Waals surface area contributed by atoms with Crippen LogP contribution in [0.25, 0.3) is 0 Å². The molecule has 2 atom stereocenters. The van der Waals surface area contributed by atoms with E-state index in [1.54, 1.807) is 0 Å². The number of morpholine rings is 1. The molecule has 0 aromatic carbocycles. The van der Waals surface area contributed by atoms with Gasteiger partial charge in [0, 0.05) is 18.5 Å². The minimum Gasteiger partial charge on any atom is -0.390 e. The number of rotatable bonds is 2. The monoisotopic (exact) mass is 196 g/mol. The third-order valence-corrected chi connectivity index (χ3v) is 3.06. The van der Waals surface area contributed by atoms with E-state index in [0.29, 0.717) is 38.9 Å². The predicted molar refractivity (Wildman–Crippen MR) is 50.6 cm³/mol. The van der Waals surface area contributed by atoms with Crippen LogP contribution in [0, 0.1) is 11.3 Å². The quantitative estimate of drug-likeness (QED) is 0.661. The molecule has 2 aliphatic rings. The Kier molecular flexibility index (Phi) is 2.73. The number of nitrogens with one attached hydrogen (secondary N) is 1. The molecular formula is C10H16N2O2. The van der Waals surface area contributed by atoms with Crippen molar-refractivity contribution in [1.82, 2.24) is 5.32 Å². The third kappa shape index (κ3) is 2.06. The lowest BCUT2D eigenvalue weighted by Gasteiger charge is -2.44. The highest BCUT2D eigenvalue weighted by Crippen LogP contribution is 2.31. The molecular weight excluding hydrogens is 180 g/mol. The Balaban J connectivity index is 1.97. The number of fused-ring (bicyclic) bond motifs is 2. The maximum absolute atomic E-state index is 10.3. The molecule has 0 spiro atoms. The second-order valence-electron chi connectivity index (χ2n) is 4.39. The zero-order valence-electron chi connectivity index (χ0n) is 8.20. The zero-order chi connectivity index (χ0) is 10.0. The van der Waals surface area contributed by atoms with Crippen LogP contribution in [-0.4, -0.2) is 36.0 Å². The van der Waals surface area contributed by atoms with Gasteiger partial charge in [-0.05, 0) is 19.3 Å². The SMILES string of the molecule is N#CCCC1(O)CC2COCC(C1)N2. The van der Waals surface area contributed by atoms with Gasteiger partial charge in [-0.15, -0.1) is 0 Å². The summed E-state index contributed by atoms with van der Waals surface area (Å²) in [7, 11) is 0. The summed E-state index contributed by atoms with van der Waals surface area (Å²) in [6, 6.07) is 2.63. The lowest BCUT2D eigenvalue weighted by molar-refractivity contribution is -0.0792. The van der Waals surface area contributed by atoms with Gasteiger partial charge in [0.05, 0.1) is 24.9 Å². The van der Waals surface area contributed by atoms with E-state index in [0.717, 1.165) is 0 Å². The average molecular weight is 196 g/mol. The van der Waals surface area contributed by atoms with Crippen LogP contribution in [0.15, 0.2) is 0 Å². The number of nitriles is 1. The van der Waals surface area contributed by atoms with Crippen molar-refractivity contribution < 1.29 is 9.84 Å². The van der Waals surface area contributed by atoms with Gasteiger partial charge >= 0.3 is 0 Å². The van der Waals surface area contributed by atoms with Gasteiger partial charge in [0.15, 0.2) is 0 Å². The van der Waals surface area contributed by atoms with Crippen LogP contribution in [0.3, 0.4) is 0 Å². The van der Waals surface area contributed by atoms with E-state index >= 15 is 0 Å². The van der Waals surface area contributed by atoms with Crippen LogP contribution in [0.2, 0.25) is 0 Å². The molecule has 0 aromatic heterocycles. The van der Waals surface area contributed by atoms with Crippen molar-refractivity contribution in [3.05, 3.63) is 0 Å². The fourth-order valence-corrected chi connectivity index (χ4v) is 2.51. The van der Waals surface area contributed by atoms with E-state index in [1.807, 2.05) is 0 Å². The normalized spacial score (nSPS) is 41.7. The van der Waals surface area contributed by atoms with Crippen LogP contribution >= 0.6 is 0 Å². The molecule has 0 aromatic rings. The van der Waals surface area contributed by atoms with E-state index in [2.05, 4.69) is 11.4 Å². The number of hydrogen-bond acceptors (Lipinski definition) is 4. The Morgan fingerprint density at radius 1 is 1.43 bits per heavy atom. The molecule has 2 heterocycles. The molecule has 4 heteroatoms. The Morgan fingerprint density at radius 2 is 2.07 bits per heavy atom. The molecule has 4 nitrogen and oxygen atoms in total. The van der Waals surface area contributed by atoms with Gasteiger partial charge in [-0.25, -0.2) is 0 Å². The molecule has 0 radical (unpaired) electrons. The first kappa shape index (κ1) is 9.91. The van der Waals surface area contributed by atoms with Crippen molar-refractivity contribution in [2.75, 3.05) is 13.2 Å². The summed E-state index contributed by atoms with van der Waals surface area (Å²) in [5.74, 6) is 0. The molecule has 2 rings (SSSR count). The summed E-state index contributed by atoms with van der Waals surface area (Å²) >= 11 is 0. The maximum atomic E-state index is 10.3. The van der Waals surface area contributed by atoms with Crippen LogP contribution in [0.4, 0.5) is 0 Å². The number of aliphatic hydroxyl groups is 1. The van der Waals surface area contributed by atoms with E-state index in [4.69, 9.17) is 10.00 Å². The summed E-state index contributed by atoms with van der Waals surface area (Å²) in [5, 5.41) is 22.2. The van der Waals surface area contributed by atoms with Crippen molar-refractivity contribution in [3.63, 3.8) is 0 Å². The van der Waals surface area contributed by atoms with Crippen molar-refractivity contribution in [3.8, 4) is 6.07 Å².